The van der Waals surface area contributed by atoms with Gasteiger partial charge in [0.05, 0.1) is 0 Å². The van der Waals surface area contributed by atoms with Gasteiger partial charge in [0, 0.05) is 36.4 Å². The minimum Gasteiger partial charge on any atom is -0.348 e. The Balaban J connectivity index is 1.58. The third kappa shape index (κ3) is 3.10. The van der Waals surface area contributed by atoms with E-state index in [1.807, 2.05) is 47.0 Å². The fourth-order valence-corrected chi connectivity index (χ4v) is 2.62. The lowest BCUT2D eigenvalue weighted by Crippen LogP contribution is -2.22. The molecule has 3 heterocycles. The van der Waals surface area contributed by atoms with Gasteiger partial charge >= 0.3 is 0 Å². The summed E-state index contributed by atoms with van der Waals surface area (Å²) in [5, 5.41) is 2.91. The molecule has 0 saturated carbocycles. The average molecular weight is 329 g/mol. The summed E-state index contributed by atoms with van der Waals surface area (Å²) >= 11 is 0. The van der Waals surface area contributed by atoms with E-state index < -0.39 is 0 Å². The lowest BCUT2D eigenvalue weighted by atomic mass is 10.2. The van der Waals surface area contributed by atoms with Crippen LogP contribution in [-0.4, -0.2) is 25.4 Å². The van der Waals surface area contributed by atoms with Gasteiger partial charge in [0.15, 0.2) is 5.65 Å². The van der Waals surface area contributed by atoms with E-state index in [-0.39, 0.29) is 5.91 Å². The van der Waals surface area contributed by atoms with Gasteiger partial charge in [-0.2, -0.15) is 0 Å². The lowest BCUT2D eigenvalue weighted by Gasteiger charge is -2.08. The quantitative estimate of drug-likeness (QED) is 0.625. The number of imidazole rings is 1. The monoisotopic (exact) mass is 329 g/mol. The third-order valence-electron chi connectivity index (χ3n) is 3.87. The number of benzene rings is 1. The summed E-state index contributed by atoms with van der Waals surface area (Å²) < 4.78 is 1.87. The van der Waals surface area contributed by atoms with Crippen molar-refractivity contribution in [2.24, 2.45) is 0 Å². The fraction of sp³-hybridized carbons (Fsp3) is 0.0526. The van der Waals surface area contributed by atoms with Gasteiger partial charge in [0.2, 0.25) is 0 Å². The molecular weight excluding hydrogens is 314 g/mol. The van der Waals surface area contributed by atoms with Crippen LogP contribution >= 0.6 is 0 Å². The molecule has 25 heavy (non-hydrogen) atoms. The number of nitrogens with zero attached hydrogens (tertiary/aromatic N) is 4. The Bertz CT molecular complexity index is 1030. The van der Waals surface area contributed by atoms with Gasteiger partial charge in [-0.1, -0.05) is 12.1 Å². The summed E-state index contributed by atoms with van der Waals surface area (Å²) in [6, 6.07) is 14.9. The number of pyridine rings is 2. The highest BCUT2D eigenvalue weighted by Crippen LogP contribution is 2.17. The first-order chi connectivity index (χ1) is 12.3. The molecule has 6 nitrogen and oxygen atoms in total. The first-order valence-electron chi connectivity index (χ1n) is 7.87. The van der Waals surface area contributed by atoms with Crippen LogP contribution in [-0.2, 0) is 6.54 Å². The van der Waals surface area contributed by atoms with E-state index in [2.05, 4.69) is 20.3 Å². The molecule has 6 heteroatoms. The normalized spacial score (nSPS) is 10.7. The van der Waals surface area contributed by atoms with Gasteiger partial charge in [-0.15, -0.1) is 0 Å². The Kier molecular flexibility index (Phi) is 3.92. The van der Waals surface area contributed by atoms with Crippen molar-refractivity contribution < 1.29 is 4.79 Å². The number of fused-ring (bicyclic) bond motifs is 1. The summed E-state index contributed by atoms with van der Waals surface area (Å²) in [4.78, 5) is 25.2. The predicted octanol–water partition coefficient (Wildman–Crippen LogP) is 2.75. The van der Waals surface area contributed by atoms with Gasteiger partial charge in [0.25, 0.3) is 5.91 Å². The highest BCUT2D eigenvalue weighted by Gasteiger charge is 2.09. The minimum atomic E-state index is -0.136. The molecule has 122 valence electrons. The molecule has 0 aliphatic heterocycles. The molecule has 0 bridgehead atoms. The van der Waals surface area contributed by atoms with Crippen LogP contribution in [0.15, 0.2) is 73.4 Å². The van der Waals surface area contributed by atoms with E-state index in [0.717, 1.165) is 22.4 Å². The van der Waals surface area contributed by atoms with Crippen LogP contribution in [0.1, 0.15) is 15.9 Å². The highest BCUT2D eigenvalue weighted by atomic mass is 16.1. The smallest absolute Gasteiger partial charge is 0.251 e. The molecule has 0 aliphatic carbocycles. The molecule has 0 unspecified atom stereocenters. The maximum absolute atomic E-state index is 12.4. The molecule has 0 aliphatic rings. The summed E-state index contributed by atoms with van der Waals surface area (Å²) in [5.41, 5.74) is 3.95. The number of nitrogens with one attached hydrogen (secondary N) is 1. The van der Waals surface area contributed by atoms with Gasteiger partial charge in [-0.3, -0.25) is 14.3 Å². The van der Waals surface area contributed by atoms with Crippen molar-refractivity contribution in [2.45, 2.75) is 6.54 Å². The maximum atomic E-state index is 12.4. The zero-order chi connectivity index (χ0) is 17.1. The Labute approximate surface area is 144 Å². The molecule has 1 aromatic carbocycles. The van der Waals surface area contributed by atoms with Crippen molar-refractivity contribution >= 4 is 17.1 Å². The van der Waals surface area contributed by atoms with E-state index in [1.54, 1.807) is 31.0 Å². The molecule has 4 aromatic rings. The summed E-state index contributed by atoms with van der Waals surface area (Å²) in [5.74, 6) is -0.136. The SMILES string of the molecule is O=C(NCc1cccnc1)c1cccc(-n2cnc3cccnc32)c1. The van der Waals surface area contributed by atoms with Crippen LogP contribution in [0.5, 0.6) is 0 Å². The number of hydrogen-bond acceptors (Lipinski definition) is 4. The Morgan fingerprint density at radius 1 is 1.04 bits per heavy atom. The second-order valence-corrected chi connectivity index (χ2v) is 5.55. The van der Waals surface area contributed by atoms with E-state index in [9.17, 15) is 4.79 Å². The van der Waals surface area contributed by atoms with E-state index >= 15 is 0 Å². The Hall–Kier alpha value is -3.54. The van der Waals surface area contributed by atoms with Crippen molar-refractivity contribution in [1.29, 1.82) is 0 Å². The van der Waals surface area contributed by atoms with E-state index in [4.69, 9.17) is 0 Å². The standard InChI is InChI=1S/C19H15N5O/c25-19(22-12-14-4-2-8-20-11-14)15-5-1-6-16(10-15)24-13-23-17-7-3-9-21-18(17)24/h1-11,13H,12H2,(H,22,25). The number of aromatic nitrogens is 4. The average Bonchev–Trinajstić information content (AvgIpc) is 3.11. The predicted molar refractivity (Wildman–Crippen MR) is 94.3 cm³/mol. The van der Waals surface area contributed by atoms with Crippen molar-refractivity contribution in [3.63, 3.8) is 0 Å². The van der Waals surface area contributed by atoms with E-state index in [1.165, 1.54) is 0 Å². The molecule has 0 spiro atoms. The molecule has 4 rings (SSSR count). The highest BCUT2D eigenvalue weighted by molar-refractivity contribution is 5.94. The van der Waals surface area contributed by atoms with Crippen molar-refractivity contribution in [3.8, 4) is 5.69 Å². The topological polar surface area (TPSA) is 72.7 Å². The van der Waals surface area contributed by atoms with Crippen LogP contribution in [0.2, 0.25) is 0 Å². The second-order valence-electron chi connectivity index (χ2n) is 5.55. The van der Waals surface area contributed by atoms with Gasteiger partial charge < -0.3 is 5.32 Å². The summed E-state index contributed by atoms with van der Waals surface area (Å²) in [7, 11) is 0. The number of carbonyl (C=O) groups is 1. The van der Waals surface area contributed by atoms with Crippen molar-refractivity contribution in [2.75, 3.05) is 0 Å². The van der Waals surface area contributed by atoms with Crippen molar-refractivity contribution in [1.82, 2.24) is 24.8 Å². The molecule has 0 atom stereocenters. The van der Waals surface area contributed by atoms with Crippen LogP contribution in [0.25, 0.3) is 16.9 Å². The van der Waals surface area contributed by atoms with Crippen LogP contribution in [0.3, 0.4) is 0 Å². The zero-order valence-electron chi connectivity index (χ0n) is 13.3. The number of rotatable bonds is 4. The minimum absolute atomic E-state index is 0.136. The first kappa shape index (κ1) is 15.0. The number of carbonyl (C=O) groups excluding carboxylic acids is 1. The molecule has 3 aromatic heterocycles. The van der Waals surface area contributed by atoms with Crippen LogP contribution in [0, 0.1) is 0 Å². The maximum Gasteiger partial charge on any atom is 0.251 e. The van der Waals surface area contributed by atoms with Gasteiger partial charge in [-0.05, 0) is 42.0 Å². The molecule has 0 radical (unpaired) electrons. The van der Waals surface area contributed by atoms with Crippen LogP contribution < -0.4 is 5.32 Å². The largest absolute Gasteiger partial charge is 0.348 e. The summed E-state index contributed by atoms with van der Waals surface area (Å²) in [6.45, 7) is 0.437. The summed E-state index contributed by atoms with van der Waals surface area (Å²) in [6.07, 6.45) is 6.88. The molecule has 0 saturated heterocycles. The second kappa shape index (κ2) is 6.52. The zero-order valence-corrected chi connectivity index (χ0v) is 13.3. The molecule has 1 amide bonds. The Morgan fingerprint density at radius 2 is 1.96 bits per heavy atom. The third-order valence-corrected chi connectivity index (χ3v) is 3.87. The molecule has 0 fully saturated rings. The van der Waals surface area contributed by atoms with Crippen molar-refractivity contribution in [3.05, 3.63) is 84.6 Å². The Morgan fingerprint density at radius 3 is 2.84 bits per heavy atom. The molecular formula is C19H15N5O. The van der Waals surface area contributed by atoms with Gasteiger partial charge in [-0.25, -0.2) is 9.97 Å². The first-order valence-corrected chi connectivity index (χ1v) is 7.87. The fourth-order valence-electron chi connectivity index (χ4n) is 2.62. The number of amides is 1. The lowest BCUT2D eigenvalue weighted by molar-refractivity contribution is 0.0951. The number of hydrogen-bond donors (Lipinski definition) is 1. The van der Waals surface area contributed by atoms with E-state index in [0.29, 0.717) is 12.1 Å². The van der Waals surface area contributed by atoms with Crippen LogP contribution in [0.4, 0.5) is 0 Å². The van der Waals surface area contributed by atoms with Gasteiger partial charge in [0.1, 0.15) is 11.8 Å². The molecule has 1 N–H and O–H groups in total.